The molecule has 0 aliphatic rings. The van der Waals surface area contributed by atoms with Gasteiger partial charge >= 0.3 is 0 Å². The highest BCUT2D eigenvalue weighted by atomic mass is 16.3. The normalized spacial score (nSPS) is 11.9. The monoisotopic (exact) mass is 284 g/mol. The summed E-state index contributed by atoms with van der Waals surface area (Å²) in [6.07, 6.45) is 0.578. The van der Waals surface area contributed by atoms with E-state index in [1.165, 1.54) is 0 Å². The number of carbonyl (C=O) groups is 1. The number of aliphatic hydroxyl groups is 1. The average molecular weight is 284 g/mol. The highest BCUT2D eigenvalue weighted by Gasteiger charge is 2.15. The van der Waals surface area contributed by atoms with E-state index < -0.39 is 0 Å². The molecule has 0 aromatic heterocycles. The Hall–Kier alpha value is -2.33. The van der Waals surface area contributed by atoms with Crippen molar-refractivity contribution < 1.29 is 9.90 Å². The number of nitrogen functional groups attached to an aromatic ring is 1. The molecule has 0 unspecified atom stereocenters. The maximum absolute atomic E-state index is 12.3. The Morgan fingerprint density at radius 2 is 1.95 bits per heavy atom. The van der Waals surface area contributed by atoms with Crippen molar-refractivity contribution in [2.45, 2.75) is 19.4 Å². The van der Waals surface area contributed by atoms with Gasteiger partial charge in [0.1, 0.15) is 0 Å². The van der Waals surface area contributed by atoms with Crippen LogP contribution in [0.15, 0.2) is 48.5 Å². The minimum atomic E-state index is -0.334. The number of nitrogens with one attached hydrogen (secondary N) is 1. The van der Waals surface area contributed by atoms with Gasteiger partial charge in [-0.15, -0.1) is 0 Å². The second-order valence-corrected chi connectivity index (χ2v) is 5.13. The summed E-state index contributed by atoms with van der Waals surface area (Å²) in [6, 6.07) is 14.7. The van der Waals surface area contributed by atoms with E-state index >= 15 is 0 Å². The zero-order valence-electron chi connectivity index (χ0n) is 12.0. The molecule has 2 aromatic carbocycles. The molecule has 4 N–H and O–H groups in total. The SMILES string of the molecule is Cc1ccc(N)c(C(=O)N[C@H](CO)Cc2ccccc2)c1. The summed E-state index contributed by atoms with van der Waals surface area (Å²) < 4.78 is 0. The van der Waals surface area contributed by atoms with Gasteiger partial charge in [0.2, 0.25) is 0 Å². The number of anilines is 1. The zero-order chi connectivity index (χ0) is 15.2. The molecular formula is C17H20N2O2. The minimum absolute atomic E-state index is 0.119. The van der Waals surface area contributed by atoms with Gasteiger partial charge in [-0.1, -0.05) is 42.0 Å². The predicted octanol–water partition coefficient (Wildman–Crippen LogP) is 1.91. The lowest BCUT2D eigenvalue weighted by Gasteiger charge is -2.17. The van der Waals surface area contributed by atoms with Crippen LogP contribution in [0.25, 0.3) is 0 Å². The van der Waals surface area contributed by atoms with Crippen LogP contribution in [-0.4, -0.2) is 23.7 Å². The van der Waals surface area contributed by atoms with Crippen LogP contribution in [0, 0.1) is 6.92 Å². The lowest BCUT2D eigenvalue weighted by Crippen LogP contribution is -2.39. The fourth-order valence-electron chi connectivity index (χ4n) is 2.19. The first-order valence-electron chi connectivity index (χ1n) is 6.92. The van der Waals surface area contributed by atoms with Crippen molar-refractivity contribution in [1.82, 2.24) is 5.32 Å². The van der Waals surface area contributed by atoms with Crippen molar-refractivity contribution >= 4 is 11.6 Å². The molecule has 0 saturated carbocycles. The van der Waals surface area contributed by atoms with Crippen LogP contribution in [0.4, 0.5) is 5.69 Å². The van der Waals surface area contributed by atoms with Crippen molar-refractivity contribution in [3.63, 3.8) is 0 Å². The highest BCUT2D eigenvalue weighted by molar-refractivity contribution is 5.99. The topological polar surface area (TPSA) is 75.4 Å². The van der Waals surface area contributed by atoms with E-state index in [1.54, 1.807) is 12.1 Å². The molecule has 2 rings (SSSR count). The van der Waals surface area contributed by atoms with Crippen LogP contribution < -0.4 is 11.1 Å². The predicted molar refractivity (Wildman–Crippen MR) is 84.1 cm³/mol. The maximum Gasteiger partial charge on any atom is 0.253 e. The molecule has 1 atom stereocenters. The van der Waals surface area contributed by atoms with Crippen LogP contribution in [0.5, 0.6) is 0 Å². The molecule has 2 aromatic rings. The molecule has 0 aliphatic heterocycles. The van der Waals surface area contributed by atoms with Crippen LogP contribution in [-0.2, 0) is 6.42 Å². The van der Waals surface area contributed by atoms with E-state index in [9.17, 15) is 9.90 Å². The van der Waals surface area contributed by atoms with Gasteiger partial charge in [0.05, 0.1) is 18.2 Å². The number of aryl methyl sites for hydroxylation is 1. The highest BCUT2D eigenvalue weighted by Crippen LogP contribution is 2.14. The molecule has 0 radical (unpaired) electrons. The lowest BCUT2D eigenvalue weighted by atomic mass is 10.0. The summed E-state index contributed by atoms with van der Waals surface area (Å²) in [4.78, 5) is 12.3. The number of hydrogen-bond acceptors (Lipinski definition) is 3. The Kier molecular flexibility index (Phi) is 4.95. The second-order valence-electron chi connectivity index (χ2n) is 5.13. The number of carbonyl (C=O) groups excluding carboxylic acids is 1. The molecule has 0 bridgehead atoms. The standard InChI is InChI=1S/C17H20N2O2/c1-12-7-8-16(18)15(9-12)17(21)19-14(11-20)10-13-5-3-2-4-6-13/h2-9,14,20H,10-11,18H2,1H3,(H,19,21)/t14-/m0/s1. The van der Waals surface area contributed by atoms with E-state index in [0.717, 1.165) is 11.1 Å². The summed E-state index contributed by atoms with van der Waals surface area (Å²) in [5, 5.41) is 12.3. The molecule has 0 saturated heterocycles. The molecule has 1 amide bonds. The van der Waals surface area contributed by atoms with Crippen molar-refractivity contribution in [3.05, 3.63) is 65.2 Å². The molecule has 0 heterocycles. The molecule has 0 aliphatic carbocycles. The third-order valence-corrected chi connectivity index (χ3v) is 3.33. The van der Waals surface area contributed by atoms with Crippen LogP contribution in [0.1, 0.15) is 21.5 Å². The zero-order valence-corrected chi connectivity index (χ0v) is 12.0. The summed E-state index contributed by atoms with van der Waals surface area (Å²) in [5.74, 6) is -0.258. The average Bonchev–Trinajstić information content (AvgIpc) is 2.50. The van der Waals surface area contributed by atoms with E-state index in [4.69, 9.17) is 5.73 Å². The quantitative estimate of drug-likeness (QED) is 0.734. The fraction of sp³-hybridized carbons (Fsp3) is 0.235. The summed E-state index contributed by atoms with van der Waals surface area (Å²) in [7, 11) is 0. The lowest BCUT2D eigenvalue weighted by molar-refractivity contribution is 0.0917. The van der Waals surface area contributed by atoms with Gasteiger partial charge in [-0.05, 0) is 31.0 Å². The van der Waals surface area contributed by atoms with Gasteiger partial charge in [0, 0.05) is 5.69 Å². The molecule has 110 valence electrons. The molecule has 4 heteroatoms. The summed E-state index contributed by atoms with van der Waals surface area (Å²) in [5.41, 5.74) is 8.76. The Morgan fingerprint density at radius 1 is 1.24 bits per heavy atom. The van der Waals surface area contributed by atoms with Crippen molar-refractivity contribution in [3.8, 4) is 0 Å². The number of benzene rings is 2. The van der Waals surface area contributed by atoms with E-state index in [-0.39, 0.29) is 18.6 Å². The maximum atomic E-state index is 12.3. The number of nitrogens with two attached hydrogens (primary N) is 1. The van der Waals surface area contributed by atoms with Crippen LogP contribution >= 0.6 is 0 Å². The molecular weight excluding hydrogens is 264 g/mol. The van der Waals surface area contributed by atoms with E-state index in [0.29, 0.717) is 17.7 Å². The Balaban J connectivity index is 2.07. The largest absolute Gasteiger partial charge is 0.398 e. The number of amides is 1. The summed E-state index contributed by atoms with van der Waals surface area (Å²) >= 11 is 0. The Morgan fingerprint density at radius 3 is 2.62 bits per heavy atom. The molecule has 0 fully saturated rings. The first kappa shape index (κ1) is 15.1. The number of hydrogen-bond donors (Lipinski definition) is 3. The van der Waals surface area contributed by atoms with Crippen molar-refractivity contribution in [1.29, 1.82) is 0 Å². The smallest absolute Gasteiger partial charge is 0.253 e. The van der Waals surface area contributed by atoms with Gasteiger partial charge < -0.3 is 16.2 Å². The number of rotatable bonds is 5. The minimum Gasteiger partial charge on any atom is -0.398 e. The first-order valence-corrected chi connectivity index (χ1v) is 6.92. The molecule has 21 heavy (non-hydrogen) atoms. The van der Waals surface area contributed by atoms with Crippen LogP contribution in [0.3, 0.4) is 0 Å². The van der Waals surface area contributed by atoms with Gasteiger partial charge in [0.25, 0.3) is 5.91 Å². The van der Waals surface area contributed by atoms with Gasteiger partial charge in [-0.25, -0.2) is 0 Å². The van der Waals surface area contributed by atoms with Crippen molar-refractivity contribution in [2.24, 2.45) is 0 Å². The van der Waals surface area contributed by atoms with Crippen molar-refractivity contribution in [2.75, 3.05) is 12.3 Å². The Bertz CT molecular complexity index is 611. The van der Waals surface area contributed by atoms with Gasteiger partial charge in [0.15, 0.2) is 0 Å². The Labute approximate surface area is 124 Å². The molecule has 4 nitrogen and oxygen atoms in total. The van der Waals surface area contributed by atoms with Gasteiger partial charge in [-0.2, -0.15) is 0 Å². The third-order valence-electron chi connectivity index (χ3n) is 3.33. The van der Waals surface area contributed by atoms with E-state index in [2.05, 4.69) is 5.32 Å². The molecule has 0 spiro atoms. The second kappa shape index (κ2) is 6.90. The fourth-order valence-corrected chi connectivity index (χ4v) is 2.19. The summed E-state index contributed by atoms with van der Waals surface area (Å²) in [6.45, 7) is 1.79. The van der Waals surface area contributed by atoms with E-state index in [1.807, 2.05) is 43.3 Å². The third kappa shape index (κ3) is 4.07. The number of aliphatic hydroxyl groups excluding tert-OH is 1. The van der Waals surface area contributed by atoms with Crippen LogP contribution in [0.2, 0.25) is 0 Å². The first-order chi connectivity index (χ1) is 10.1. The van der Waals surface area contributed by atoms with Gasteiger partial charge in [-0.3, -0.25) is 4.79 Å².